The van der Waals surface area contributed by atoms with Crippen LogP contribution >= 0.6 is 0 Å². The van der Waals surface area contributed by atoms with Gasteiger partial charge in [0.1, 0.15) is 0 Å². The van der Waals surface area contributed by atoms with Crippen LogP contribution in [0.2, 0.25) is 0 Å². The van der Waals surface area contributed by atoms with Crippen molar-refractivity contribution in [2.75, 3.05) is 6.54 Å². The van der Waals surface area contributed by atoms with Crippen molar-refractivity contribution in [2.24, 2.45) is 5.92 Å². The summed E-state index contributed by atoms with van der Waals surface area (Å²) in [6, 6.07) is 0.507. The van der Waals surface area contributed by atoms with Crippen LogP contribution in [0.5, 0.6) is 0 Å². The molecule has 0 bridgehead atoms. The van der Waals surface area contributed by atoms with Crippen molar-refractivity contribution in [3.05, 3.63) is 5.82 Å². The molecule has 0 aromatic carbocycles. The molecule has 5 heteroatoms. The highest BCUT2D eigenvalue weighted by atomic mass is 15.6. The maximum absolute atomic E-state index is 4.14. The summed E-state index contributed by atoms with van der Waals surface area (Å²) in [6.07, 6.45) is 5.08. The average Bonchev–Trinajstić information content (AvgIpc) is 2.74. The maximum Gasteiger partial charge on any atom is 0.165 e. The molecule has 1 fully saturated rings. The zero-order valence-electron chi connectivity index (χ0n) is 10.2. The zero-order valence-corrected chi connectivity index (χ0v) is 10.2. The Morgan fingerprint density at radius 3 is 3.06 bits per heavy atom. The molecule has 1 aromatic heterocycles. The van der Waals surface area contributed by atoms with E-state index in [1.165, 1.54) is 25.7 Å². The van der Waals surface area contributed by atoms with Crippen LogP contribution in [-0.2, 0) is 6.54 Å². The molecule has 2 atom stereocenters. The summed E-state index contributed by atoms with van der Waals surface area (Å²) in [5, 5.41) is 15.3. The second kappa shape index (κ2) is 5.39. The van der Waals surface area contributed by atoms with Crippen LogP contribution in [0.15, 0.2) is 0 Å². The molecule has 0 radical (unpaired) electrons. The predicted octanol–water partition coefficient (Wildman–Crippen LogP) is 1.53. The van der Waals surface area contributed by atoms with Crippen molar-refractivity contribution in [1.82, 2.24) is 25.5 Å². The second-order valence-electron chi connectivity index (χ2n) is 4.75. The first-order chi connectivity index (χ1) is 7.81. The van der Waals surface area contributed by atoms with Gasteiger partial charge >= 0.3 is 0 Å². The summed E-state index contributed by atoms with van der Waals surface area (Å²) in [6.45, 7) is 6.14. The van der Waals surface area contributed by atoms with E-state index in [9.17, 15) is 0 Å². The largest absolute Gasteiger partial charge is 0.310 e. The molecule has 1 aliphatic carbocycles. The van der Waals surface area contributed by atoms with E-state index in [0.717, 1.165) is 24.8 Å². The molecule has 2 unspecified atom stereocenters. The first kappa shape index (κ1) is 11.5. The lowest BCUT2D eigenvalue weighted by Gasteiger charge is -2.27. The number of rotatable bonds is 4. The Bertz CT molecular complexity index is 322. The lowest BCUT2D eigenvalue weighted by atomic mass is 9.87. The predicted molar refractivity (Wildman–Crippen MR) is 61.9 cm³/mol. The van der Waals surface area contributed by atoms with E-state index in [4.69, 9.17) is 0 Å². The highest BCUT2D eigenvalue weighted by molar-refractivity contribution is 4.86. The maximum atomic E-state index is 4.14. The summed E-state index contributed by atoms with van der Waals surface area (Å²) < 4.78 is 2.03. The summed E-state index contributed by atoms with van der Waals surface area (Å²) in [5.74, 6) is 1.77. The van der Waals surface area contributed by atoms with E-state index in [-0.39, 0.29) is 0 Å². The van der Waals surface area contributed by atoms with Crippen molar-refractivity contribution >= 4 is 0 Å². The molecule has 90 valence electrons. The minimum Gasteiger partial charge on any atom is -0.310 e. The number of nitrogens with zero attached hydrogens (tertiary/aromatic N) is 4. The lowest BCUT2D eigenvalue weighted by Crippen LogP contribution is -2.23. The van der Waals surface area contributed by atoms with Crippen molar-refractivity contribution in [3.63, 3.8) is 0 Å². The Hall–Kier alpha value is -0.970. The van der Waals surface area contributed by atoms with Gasteiger partial charge in [0.25, 0.3) is 0 Å². The van der Waals surface area contributed by atoms with Gasteiger partial charge in [0.15, 0.2) is 5.82 Å². The number of tetrazole rings is 1. The highest BCUT2D eigenvalue weighted by Crippen LogP contribution is 2.31. The second-order valence-corrected chi connectivity index (χ2v) is 4.75. The summed E-state index contributed by atoms with van der Waals surface area (Å²) in [7, 11) is 0. The smallest absolute Gasteiger partial charge is 0.165 e. The van der Waals surface area contributed by atoms with Gasteiger partial charge in [-0.3, -0.25) is 0 Å². The molecule has 0 aliphatic heterocycles. The monoisotopic (exact) mass is 223 g/mol. The quantitative estimate of drug-likeness (QED) is 0.841. The van der Waals surface area contributed by atoms with Crippen molar-refractivity contribution in [2.45, 2.75) is 52.1 Å². The fourth-order valence-electron chi connectivity index (χ4n) is 2.47. The molecule has 0 spiro atoms. The summed E-state index contributed by atoms with van der Waals surface area (Å²) in [5.41, 5.74) is 0. The van der Waals surface area contributed by atoms with E-state index < -0.39 is 0 Å². The number of hydrogen-bond acceptors (Lipinski definition) is 4. The van der Waals surface area contributed by atoms with E-state index in [0.29, 0.717) is 6.04 Å². The van der Waals surface area contributed by atoms with Crippen LogP contribution in [0.3, 0.4) is 0 Å². The Morgan fingerprint density at radius 1 is 1.44 bits per heavy atom. The van der Waals surface area contributed by atoms with Gasteiger partial charge in [0.2, 0.25) is 0 Å². The molecule has 1 N–H and O–H groups in total. The van der Waals surface area contributed by atoms with Gasteiger partial charge in [-0.1, -0.05) is 26.7 Å². The Morgan fingerprint density at radius 2 is 2.31 bits per heavy atom. The third kappa shape index (κ3) is 2.58. The highest BCUT2D eigenvalue weighted by Gasteiger charge is 2.23. The van der Waals surface area contributed by atoms with Crippen LogP contribution < -0.4 is 5.32 Å². The third-order valence-corrected chi connectivity index (χ3v) is 3.35. The van der Waals surface area contributed by atoms with Crippen molar-refractivity contribution in [1.29, 1.82) is 0 Å². The number of hydrogen-bond donors (Lipinski definition) is 1. The zero-order chi connectivity index (χ0) is 11.4. The fourth-order valence-corrected chi connectivity index (χ4v) is 2.47. The van der Waals surface area contributed by atoms with E-state index >= 15 is 0 Å². The topological polar surface area (TPSA) is 55.6 Å². The molecule has 2 rings (SSSR count). The molecular formula is C11H21N5. The standard InChI is InChI=1S/C11H21N5/c1-3-12-8-11-13-14-15-16(11)10-6-4-5-9(2)7-10/h9-10,12H,3-8H2,1-2H3. The Kier molecular flexibility index (Phi) is 3.88. The van der Waals surface area contributed by atoms with Gasteiger partial charge in [-0.05, 0) is 35.7 Å². The average molecular weight is 223 g/mol. The van der Waals surface area contributed by atoms with Gasteiger partial charge in [-0.2, -0.15) is 0 Å². The number of nitrogens with one attached hydrogen (secondary N) is 1. The SMILES string of the molecule is CCNCc1nnnn1C1CCCC(C)C1. The van der Waals surface area contributed by atoms with Crippen LogP contribution in [0.1, 0.15) is 51.4 Å². The van der Waals surface area contributed by atoms with Gasteiger partial charge in [-0.15, -0.1) is 5.10 Å². The van der Waals surface area contributed by atoms with Crippen LogP contribution in [0, 0.1) is 5.92 Å². The summed E-state index contributed by atoms with van der Waals surface area (Å²) >= 11 is 0. The normalized spacial score (nSPS) is 25.9. The molecular weight excluding hydrogens is 202 g/mol. The minimum atomic E-state index is 0.507. The van der Waals surface area contributed by atoms with Crippen LogP contribution in [0.25, 0.3) is 0 Å². The molecule has 16 heavy (non-hydrogen) atoms. The molecule has 1 heterocycles. The molecule has 0 amide bonds. The van der Waals surface area contributed by atoms with E-state index in [1.54, 1.807) is 0 Å². The van der Waals surface area contributed by atoms with Crippen LogP contribution in [-0.4, -0.2) is 26.8 Å². The van der Waals surface area contributed by atoms with E-state index in [1.807, 2.05) is 4.68 Å². The fraction of sp³-hybridized carbons (Fsp3) is 0.909. The Labute approximate surface area is 96.6 Å². The first-order valence-electron chi connectivity index (χ1n) is 6.28. The van der Waals surface area contributed by atoms with Crippen LogP contribution in [0.4, 0.5) is 0 Å². The Balaban J connectivity index is 2.04. The molecule has 5 nitrogen and oxygen atoms in total. The molecule has 0 saturated heterocycles. The lowest BCUT2D eigenvalue weighted by molar-refractivity contribution is 0.257. The first-order valence-corrected chi connectivity index (χ1v) is 6.28. The number of aromatic nitrogens is 4. The van der Waals surface area contributed by atoms with Crippen molar-refractivity contribution < 1.29 is 0 Å². The molecule has 1 saturated carbocycles. The van der Waals surface area contributed by atoms with E-state index in [2.05, 4.69) is 34.7 Å². The molecule has 1 aromatic rings. The third-order valence-electron chi connectivity index (χ3n) is 3.35. The van der Waals surface area contributed by atoms with Gasteiger partial charge in [0, 0.05) is 0 Å². The van der Waals surface area contributed by atoms with Gasteiger partial charge < -0.3 is 5.32 Å². The minimum absolute atomic E-state index is 0.507. The summed E-state index contributed by atoms with van der Waals surface area (Å²) in [4.78, 5) is 0. The van der Waals surface area contributed by atoms with Gasteiger partial charge in [-0.25, -0.2) is 4.68 Å². The van der Waals surface area contributed by atoms with Gasteiger partial charge in [0.05, 0.1) is 12.6 Å². The molecule has 1 aliphatic rings. The van der Waals surface area contributed by atoms with Crippen molar-refractivity contribution in [3.8, 4) is 0 Å².